The van der Waals surface area contributed by atoms with Gasteiger partial charge in [-0.05, 0) is 37.7 Å². The van der Waals surface area contributed by atoms with Crippen molar-refractivity contribution in [2.45, 2.75) is 25.0 Å². The molecule has 0 aromatic carbocycles. The highest BCUT2D eigenvalue weighted by molar-refractivity contribution is 8.23. The van der Waals surface area contributed by atoms with Crippen molar-refractivity contribution in [1.82, 2.24) is 9.88 Å². The van der Waals surface area contributed by atoms with Crippen LogP contribution in [0.5, 0.6) is 0 Å². The Hall–Kier alpha value is -2.11. The Labute approximate surface area is 189 Å². The summed E-state index contributed by atoms with van der Waals surface area (Å²) in [6.45, 7) is 2.76. The van der Waals surface area contributed by atoms with E-state index in [1.807, 2.05) is 0 Å². The zero-order chi connectivity index (χ0) is 22.1. The number of imide groups is 1. The highest BCUT2D eigenvalue weighted by Gasteiger charge is 2.30. The van der Waals surface area contributed by atoms with Gasteiger partial charge in [0.25, 0.3) is 0 Å². The number of nitrogens with zero attached hydrogens (tertiary/aromatic N) is 3. The summed E-state index contributed by atoms with van der Waals surface area (Å²) in [5.74, 6) is -0.0485. The van der Waals surface area contributed by atoms with E-state index in [1.165, 1.54) is 23.8 Å². The van der Waals surface area contributed by atoms with Crippen molar-refractivity contribution in [3.05, 3.63) is 23.4 Å². The average Bonchev–Trinajstić information content (AvgIpc) is 3.15. The molecule has 1 aromatic heterocycles. The van der Waals surface area contributed by atoms with Crippen LogP contribution in [0.3, 0.4) is 0 Å². The number of carbonyl (C=O) groups excluding carboxylic acids is 3. The Morgan fingerprint density at radius 2 is 2.23 bits per heavy atom. The van der Waals surface area contributed by atoms with Gasteiger partial charge in [-0.1, -0.05) is 29.4 Å². The van der Waals surface area contributed by atoms with Gasteiger partial charge in [-0.15, -0.1) is 0 Å². The van der Waals surface area contributed by atoms with Crippen molar-refractivity contribution in [3.8, 4) is 0 Å². The van der Waals surface area contributed by atoms with E-state index in [-0.39, 0.29) is 42.4 Å². The number of hydrogen-bond donors (Lipinski definition) is 0. The fourth-order valence-corrected chi connectivity index (χ4v) is 4.24. The molecule has 0 aliphatic carbocycles. The van der Waals surface area contributed by atoms with Gasteiger partial charge in [-0.25, -0.2) is 19.5 Å². The fourth-order valence-electron chi connectivity index (χ4n) is 2.64. The van der Waals surface area contributed by atoms with E-state index >= 15 is 0 Å². The molecule has 1 aromatic rings. The predicted octanol–water partition coefficient (Wildman–Crippen LogP) is 3.49. The van der Waals surface area contributed by atoms with Crippen molar-refractivity contribution in [2.75, 3.05) is 38.3 Å². The molecule has 1 fully saturated rings. The Balaban J connectivity index is 2.14. The summed E-state index contributed by atoms with van der Waals surface area (Å²) in [6.07, 6.45) is -0.880. The number of thioether (sulfide) groups is 1. The summed E-state index contributed by atoms with van der Waals surface area (Å²) in [4.78, 5) is 42.9. The van der Waals surface area contributed by atoms with Crippen LogP contribution < -0.4 is 4.90 Å². The van der Waals surface area contributed by atoms with Crippen LogP contribution >= 0.6 is 35.6 Å². The van der Waals surface area contributed by atoms with Crippen LogP contribution in [-0.4, -0.2) is 71.0 Å². The number of halogens is 1. The molecule has 1 saturated heterocycles. The number of carbonyl (C=O) groups is 3. The number of thiocarbonyl (C=S) groups is 1. The molecule has 12 heteroatoms. The monoisotopic (exact) mass is 475 g/mol. The smallest absolute Gasteiger partial charge is 0.416 e. The van der Waals surface area contributed by atoms with Crippen molar-refractivity contribution in [3.63, 3.8) is 0 Å². The lowest BCUT2D eigenvalue weighted by Gasteiger charge is -2.26. The fraction of sp³-hybridized carbons (Fsp3) is 0.500. The Bertz CT molecular complexity index is 797. The highest BCUT2D eigenvalue weighted by atomic mass is 35.5. The van der Waals surface area contributed by atoms with E-state index in [9.17, 15) is 14.4 Å². The minimum Gasteiger partial charge on any atom is -0.479 e. The Morgan fingerprint density at radius 3 is 2.83 bits per heavy atom. The number of ether oxygens (including phenoxy) is 3. The molecule has 0 N–H and O–H groups in total. The van der Waals surface area contributed by atoms with Crippen molar-refractivity contribution < 1.29 is 28.6 Å². The van der Waals surface area contributed by atoms with Gasteiger partial charge < -0.3 is 14.2 Å². The van der Waals surface area contributed by atoms with Gasteiger partial charge in [-0.3, -0.25) is 9.69 Å². The largest absolute Gasteiger partial charge is 0.479 e. The molecule has 164 valence electrons. The van der Waals surface area contributed by atoms with Crippen LogP contribution in [0.4, 0.5) is 15.4 Å². The summed E-state index contributed by atoms with van der Waals surface area (Å²) >= 11 is 12.4. The van der Waals surface area contributed by atoms with Crippen LogP contribution in [0, 0.1) is 0 Å². The van der Waals surface area contributed by atoms with E-state index in [0.717, 1.165) is 4.90 Å². The number of anilines is 1. The van der Waals surface area contributed by atoms with Gasteiger partial charge in [0.1, 0.15) is 17.6 Å². The lowest BCUT2D eigenvalue weighted by molar-refractivity contribution is -0.127. The van der Waals surface area contributed by atoms with Crippen LogP contribution in [-0.2, 0) is 19.0 Å². The Kier molecular flexibility index (Phi) is 9.60. The quantitative estimate of drug-likeness (QED) is 0.413. The number of amides is 3. The van der Waals surface area contributed by atoms with Gasteiger partial charge in [0.05, 0.1) is 20.3 Å². The number of pyridine rings is 1. The maximum atomic E-state index is 12.4. The average molecular weight is 476 g/mol. The minimum atomic E-state index is -0.645. The predicted molar refractivity (Wildman–Crippen MR) is 117 cm³/mol. The molecule has 3 amide bonds. The molecule has 1 aliphatic heterocycles. The van der Waals surface area contributed by atoms with E-state index in [2.05, 4.69) is 4.98 Å². The second kappa shape index (κ2) is 11.9. The van der Waals surface area contributed by atoms with Gasteiger partial charge in [0.15, 0.2) is 0 Å². The molecule has 30 heavy (non-hydrogen) atoms. The third-order valence-electron chi connectivity index (χ3n) is 4.03. The number of hydrogen-bond acceptors (Lipinski definition) is 9. The topological polar surface area (TPSA) is 98.3 Å². The van der Waals surface area contributed by atoms with Crippen LogP contribution in [0.15, 0.2) is 18.2 Å². The van der Waals surface area contributed by atoms with E-state index < -0.39 is 12.2 Å². The molecule has 1 atom stereocenters. The van der Waals surface area contributed by atoms with Crippen LogP contribution in [0.2, 0.25) is 5.15 Å². The lowest BCUT2D eigenvalue weighted by Crippen LogP contribution is -2.38. The van der Waals surface area contributed by atoms with Gasteiger partial charge >= 0.3 is 12.2 Å². The van der Waals surface area contributed by atoms with Crippen molar-refractivity contribution >= 4 is 63.9 Å². The summed E-state index contributed by atoms with van der Waals surface area (Å²) < 4.78 is 15.3. The molecular weight excluding hydrogens is 454 g/mol. The lowest BCUT2D eigenvalue weighted by atomic mass is 10.2. The molecular formula is C18H22ClN3O6S2. The second-order valence-corrected chi connectivity index (χ2v) is 8.31. The number of rotatable bonds is 8. The molecule has 0 spiro atoms. The molecule has 0 saturated carbocycles. The first-order chi connectivity index (χ1) is 14.3. The zero-order valence-electron chi connectivity index (χ0n) is 16.5. The maximum Gasteiger partial charge on any atom is 0.416 e. The third kappa shape index (κ3) is 6.99. The highest BCUT2D eigenvalue weighted by Crippen LogP contribution is 2.25. The number of aromatic nitrogens is 1. The first-order valence-electron chi connectivity index (χ1n) is 9.14. The number of cyclic esters (lactones) is 1. The molecule has 1 unspecified atom stereocenters. The SMILES string of the molecule is CCOC(=S)SC(CCC(=O)N1CCOC1=O)CN(C(=O)OC)c1cccc(Cl)n1. The second-order valence-electron chi connectivity index (χ2n) is 6.02. The summed E-state index contributed by atoms with van der Waals surface area (Å²) in [5, 5.41) is -0.107. The standard InChI is InChI=1S/C18H22ClN3O6S2/c1-3-27-18(29)30-12(7-8-15(23)21-9-10-28-17(21)25)11-22(16(24)26-2)14-6-4-5-13(19)20-14/h4-6,12H,3,7-11H2,1-2H3. The first kappa shape index (κ1) is 24.2. The van der Waals surface area contributed by atoms with Gasteiger partial charge in [-0.2, -0.15) is 0 Å². The van der Waals surface area contributed by atoms with Crippen LogP contribution in [0.1, 0.15) is 19.8 Å². The summed E-state index contributed by atoms with van der Waals surface area (Å²) in [5.41, 5.74) is 0. The molecule has 2 rings (SSSR count). The summed E-state index contributed by atoms with van der Waals surface area (Å²) in [6, 6.07) is 4.87. The van der Waals surface area contributed by atoms with Crippen molar-refractivity contribution in [2.24, 2.45) is 0 Å². The molecule has 1 aliphatic rings. The van der Waals surface area contributed by atoms with Gasteiger partial charge in [0.2, 0.25) is 10.3 Å². The molecule has 0 radical (unpaired) electrons. The number of methoxy groups -OCH3 is 1. The van der Waals surface area contributed by atoms with Gasteiger partial charge in [0, 0.05) is 18.2 Å². The zero-order valence-corrected chi connectivity index (χ0v) is 18.9. The van der Waals surface area contributed by atoms with Crippen LogP contribution in [0.25, 0.3) is 0 Å². The van der Waals surface area contributed by atoms with E-state index in [0.29, 0.717) is 23.2 Å². The first-order valence-corrected chi connectivity index (χ1v) is 10.8. The molecule has 9 nitrogen and oxygen atoms in total. The van der Waals surface area contributed by atoms with E-state index in [1.54, 1.807) is 25.1 Å². The van der Waals surface area contributed by atoms with E-state index in [4.69, 9.17) is 38.0 Å². The van der Waals surface area contributed by atoms with Crippen molar-refractivity contribution in [1.29, 1.82) is 0 Å². The molecule has 2 heterocycles. The minimum absolute atomic E-state index is 0.0689. The Morgan fingerprint density at radius 1 is 1.47 bits per heavy atom. The third-order valence-corrected chi connectivity index (χ3v) is 5.67. The normalized spacial score (nSPS) is 14.1. The molecule has 0 bridgehead atoms. The maximum absolute atomic E-state index is 12.4. The summed E-state index contributed by atoms with van der Waals surface area (Å²) in [7, 11) is 1.26.